The minimum atomic E-state index is -3.81. The maximum atomic E-state index is 12.3. The number of nitrogens with one attached hydrogen (secondary N) is 1. The number of aliphatic hydroxyl groups excluding tert-OH is 1. The van der Waals surface area contributed by atoms with Crippen molar-refractivity contribution in [3.8, 4) is 0 Å². The summed E-state index contributed by atoms with van der Waals surface area (Å²) in [4.78, 5) is -0.0448. The van der Waals surface area contributed by atoms with Crippen LogP contribution in [0.1, 0.15) is 13.8 Å². The molecule has 0 heterocycles. The summed E-state index contributed by atoms with van der Waals surface area (Å²) in [5.41, 5.74) is 5.90. The van der Waals surface area contributed by atoms with Crippen LogP contribution in [0, 0.1) is 5.92 Å². The second-order valence-corrected chi connectivity index (χ2v) is 7.37. The van der Waals surface area contributed by atoms with Crippen molar-refractivity contribution in [2.24, 2.45) is 5.92 Å². The Balaban J connectivity index is 3.21. The normalized spacial score (nSPS) is 13.8. The van der Waals surface area contributed by atoms with E-state index < -0.39 is 16.1 Å². The maximum absolute atomic E-state index is 12.3. The van der Waals surface area contributed by atoms with E-state index in [1.165, 1.54) is 12.1 Å². The minimum Gasteiger partial charge on any atom is -0.398 e. The Morgan fingerprint density at radius 1 is 1.47 bits per heavy atom. The van der Waals surface area contributed by atoms with Gasteiger partial charge in [-0.15, -0.1) is 0 Å². The summed E-state index contributed by atoms with van der Waals surface area (Å²) in [5, 5.41) is 9.42. The molecule has 108 valence electrons. The second kappa shape index (κ2) is 6.41. The minimum absolute atomic E-state index is 0.0448. The molecule has 0 aliphatic carbocycles. The molecule has 0 saturated heterocycles. The SMILES string of the molecule is CC(C)C(CO)NS(=O)(=O)c1cc(Cl)cc(N)c1Br. The van der Waals surface area contributed by atoms with Crippen LogP contribution >= 0.6 is 27.5 Å². The predicted molar refractivity (Wildman–Crippen MR) is 79.6 cm³/mol. The van der Waals surface area contributed by atoms with Gasteiger partial charge < -0.3 is 10.8 Å². The smallest absolute Gasteiger partial charge is 0.242 e. The second-order valence-electron chi connectivity index (χ2n) is 4.46. The zero-order chi connectivity index (χ0) is 14.8. The Hall–Kier alpha value is -0.340. The predicted octanol–water partition coefficient (Wildman–Crippen LogP) is 1.98. The standard InChI is InChI=1S/C11H16BrClN2O3S/c1-6(2)9(5-16)15-19(17,18)10-4-7(13)3-8(14)11(10)12/h3-4,6,9,15-16H,5,14H2,1-2H3. The van der Waals surface area contributed by atoms with Gasteiger partial charge in [-0.3, -0.25) is 0 Å². The number of anilines is 1. The van der Waals surface area contributed by atoms with E-state index in [9.17, 15) is 13.5 Å². The van der Waals surface area contributed by atoms with Crippen LogP contribution in [-0.2, 0) is 10.0 Å². The van der Waals surface area contributed by atoms with Crippen molar-refractivity contribution >= 4 is 43.2 Å². The molecular formula is C11H16BrClN2O3S. The van der Waals surface area contributed by atoms with E-state index in [0.717, 1.165) is 0 Å². The van der Waals surface area contributed by atoms with Crippen LogP contribution in [0.4, 0.5) is 5.69 Å². The van der Waals surface area contributed by atoms with Crippen molar-refractivity contribution in [3.63, 3.8) is 0 Å². The molecule has 8 heteroatoms. The van der Waals surface area contributed by atoms with Crippen LogP contribution < -0.4 is 10.5 Å². The van der Waals surface area contributed by atoms with E-state index in [0.29, 0.717) is 0 Å². The van der Waals surface area contributed by atoms with Gasteiger partial charge in [0.05, 0.1) is 16.0 Å². The highest BCUT2D eigenvalue weighted by Crippen LogP contribution is 2.31. The average molecular weight is 372 g/mol. The van der Waals surface area contributed by atoms with Crippen LogP contribution in [0.15, 0.2) is 21.5 Å². The number of benzene rings is 1. The molecule has 0 amide bonds. The third-order valence-corrected chi connectivity index (χ3v) is 5.51. The largest absolute Gasteiger partial charge is 0.398 e. The lowest BCUT2D eigenvalue weighted by molar-refractivity contribution is 0.227. The monoisotopic (exact) mass is 370 g/mol. The first-order valence-electron chi connectivity index (χ1n) is 5.56. The molecule has 0 fully saturated rings. The Bertz CT molecular complexity index is 563. The van der Waals surface area contributed by atoms with Crippen molar-refractivity contribution in [2.45, 2.75) is 24.8 Å². The van der Waals surface area contributed by atoms with Gasteiger partial charge in [-0.05, 0) is 34.0 Å². The molecule has 5 nitrogen and oxygen atoms in total. The van der Waals surface area contributed by atoms with E-state index in [-0.39, 0.29) is 32.6 Å². The molecule has 0 radical (unpaired) electrons. The van der Waals surface area contributed by atoms with Gasteiger partial charge in [0.1, 0.15) is 0 Å². The summed E-state index contributed by atoms with van der Waals surface area (Å²) < 4.78 is 27.2. The molecule has 0 aromatic heterocycles. The van der Waals surface area contributed by atoms with Crippen molar-refractivity contribution in [1.29, 1.82) is 0 Å². The molecule has 19 heavy (non-hydrogen) atoms. The third-order valence-electron chi connectivity index (χ3n) is 2.63. The molecule has 1 atom stereocenters. The van der Waals surface area contributed by atoms with Gasteiger partial charge in [-0.25, -0.2) is 13.1 Å². The molecule has 0 aliphatic rings. The maximum Gasteiger partial charge on any atom is 0.242 e. The molecule has 1 unspecified atom stereocenters. The van der Waals surface area contributed by atoms with Crippen LogP contribution in [0.2, 0.25) is 5.02 Å². The fourth-order valence-corrected chi connectivity index (χ4v) is 4.09. The van der Waals surface area contributed by atoms with Gasteiger partial charge in [0.15, 0.2) is 0 Å². The zero-order valence-corrected chi connectivity index (χ0v) is 13.7. The molecule has 4 N–H and O–H groups in total. The Labute approximate surface area is 126 Å². The number of rotatable bonds is 5. The van der Waals surface area contributed by atoms with Crippen molar-refractivity contribution in [1.82, 2.24) is 4.72 Å². The number of nitrogen functional groups attached to an aromatic ring is 1. The Morgan fingerprint density at radius 2 is 2.05 bits per heavy atom. The van der Waals surface area contributed by atoms with Gasteiger partial charge in [0.2, 0.25) is 10.0 Å². The van der Waals surface area contributed by atoms with E-state index in [2.05, 4.69) is 20.7 Å². The highest BCUT2D eigenvalue weighted by molar-refractivity contribution is 9.10. The fraction of sp³-hybridized carbons (Fsp3) is 0.455. The van der Waals surface area contributed by atoms with Gasteiger partial charge in [0.25, 0.3) is 0 Å². The van der Waals surface area contributed by atoms with Crippen LogP contribution in [-0.4, -0.2) is 26.2 Å². The lowest BCUT2D eigenvalue weighted by Gasteiger charge is -2.20. The summed E-state index contributed by atoms with van der Waals surface area (Å²) in [7, 11) is -3.81. The Morgan fingerprint density at radius 3 is 2.53 bits per heavy atom. The number of nitrogens with two attached hydrogens (primary N) is 1. The first kappa shape index (κ1) is 16.7. The van der Waals surface area contributed by atoms with Crippen LogP contribution in [0.3, 0.4) is 0 Å². The summed E-state index contributed by atoms with van der Waals surface area (Å²) in [6.45, 7) is 3.33. The fourth-order valence-electron chi connectivity index (χ4n) is 1.43. The molecule has 0 aliphatic heterocycles. The highest BCUT2D eigenvalue weighted by Gasteiger charge is 2.25. The van der Waals surface area contributed by atoms with Crippen molar-refractivity contribution in [3.05, 3.63) is 21.6 Å². The van der Waals surface area contributed by atoms with Crippen LogP contribution in [0.25, 0.3) is 0 Å². The third kappa shape index (κ3) is 4.06. The molecule has 1 rings (SSSR count). The van der Waals surface area contributed by atoms with E-state index >= 15 is 0 Å². The molecular weight excluding hydrogens is 356 g/mol. The van der Waals surface area contributed by atoms with Gasteiger partial charge in [-0.1, -0.05) is 25.4 Å². The number of hydrogen-bond acceptors (Lipinski definition) is 4. The average Bonchev–Trinajstić information content (AvgIpc) is 2.30. The molecule has 0 saturated carbocycles. The molecule has 1 aromatic carbocycles. The van der Waals surface area contributed by atoms with E-state index in [1.807, 2.05) is 13.8 Å². The van der Waals surface area contributed by atoms with Gasteiger partial charge in [0, 0.05) is 16.8 Å². The Kier molecular flexibility index (Phi) is 5.64. The lowest BCUT2D eigenvalue weighted by Crippen LogP contribution is -2.41. The quantitative estimate of drug-likeness (QED) is 0.690. The van der Waals surface area contributed by atoms with E-state index in [1.54, 1.807) is 0 Å². The number of halogens is 2. The van der Waals surface area contributed by atoms with Gasteiger partial charge >= 0.3 is 0 Å². The summed E-state index contributed by atoms with van der Waals surface area (Å²) in [6.07, 6.45) is 0. The van der Waals surface area contributed by atoms with E-state index in [4.69, 9.17) is 17.3 Å². The first-order chi connectivity index (χ1) is 8.69. The summed E-state index contributed by atoms with van der Waals surface area (Å²) in [5.74, 6) is -0.0462. The molecule has 0 spiro atoms. The molecule has 1 aromatic rings. The summed E-state index contributed by atoms with van der Waals surface area (Å²) >= 11 is 8.95. The summed E-state index contributed by atoms with van der Waals surface area (Å²) in [6, 6.07) is 2.19. The first-order valence-corrected chi connectivity index (χ1v) is 8.22. The lowest BCUT2D eigenvalue weighted by atomic mass is 10.1. The number of aliphatic hydroxyl groups is 1. The highest BCUT2D eigenvalue weighted by atomic mass is 79.9. The number of hydrogen-bond donors (Lipinski definition) is 3. The van der Waals surface area contributed by atoms with Crippen molar-refractivity contribution in [2.75, 3.05) is 12.3 Å². The topological polar surface area (TPSA) is 92.4 Å². The van der Waals surface area contributed by atoms with Crippen molar-refractivity contribution < 1.29 is 13.5 Å². The van der Waals surface area contributed by atoms with Crippen LogP contribution in [0.5, 0.6) is 0 Å². The zero-order valence-electron chi connectivity index (χ0n) is 10.5. The van der Waals surface area contributed by atoms with Gasteiger partial charge in [-0.2, -0.15) is 0 Å². The molecule has 0 bridgehead atoms. The number of sulfonamides is 1.